The maximum absolute atomic E-state index is 13.4. The van der Waals surface area contributed by atoms with Gasteiger partial charge in [0.15, 0.2) is 5.75 Å². The molecule has 3 aromatic rings. The number of para-hydroxylation sites is 1. The lowest BCUT2D eigenvalue weighted by Gasteiger charge is -2.17. The fourth-order valence-electron chi connectivity index (χ4n) is 4.16. The van der Waals surface area contributed by atoms with Crippen LogP contribution in [-0.2, 0) is 6.42 Å². The molecule has 0 unspecified atom stereocenters. The van der Waals surface area contributed by atoms with Gasteiger partial charge in [0.1, 0.15) is 5.41 Å². The molecule has 1 fully saturated rings. The maximum Gasteiger partial charge on any atom is 0.405 e. The number of aromatic nitrogens is 2. The number of H-pyrrole nitrogens is 1. The molecule has 1 saturated carbocycles. The molecule has 10 heteroatoms. The van der Waals surface area contributed by atoms with Gasteiger partial charge in [-0.1, -0.05) is 29.5 Å². The largest absolute Gasteiger partial charge is 0.493 e. The monoisotopic (exact) mass is 500 g/mol. The Labute approximate surface area is 204 Å². The van der Waals surface area contributed by atoms with E-state index in [2.05, 4.69) is 32.4 Å². The van der Waals surface area contributed by atoms with E-state index in [9.17, 15) is 18.0 Å². The Morgan fingerprint density at radius 2 is 2.06 bits per heavy atom. The molecule has 2 aliphatic rings. The number of hydrogen-bond acceptors (Lipinski definition) is 4. The first-order valence-electron chi connectivity index (χ1n) is 10.9. The molecule has 0 spiro atoms. The second-order valence-electron chi connectivity index (χ2n) is 8.43. The Morgan fingerprint density at radius 1 is 1.26 bits per heavy atom. The predicted octanol–water partition coefficient (Wildman–Crippen LogP) is 5.46. The summed E-state index contributed by atoms with van der Waals surface area (Å²) in [7, 11) is 1.48. The summed E-state index contributed by atoms with van der Waals surface area (Å²) in [4.78, 5) is 20.2. The van der Waals surface area contributed by atoms with E-state index < -0.39 is 11.6 Å². The molecule has 0 saturated heterocycles. The van der Waals surface area contributed by atoms with E-state index in [1.807, 2.05) is 0 Å². The summed E-state index contributed by atoms with van der Waals surface area (Å²) in [6.07, 6.45) is -0.901. The van der Waals surface area contributed by atoms with Gasteiger partial charge < -0.3 is 20.4 Å². The Morgan fingerprint density at radius 3 is 2.77 bits per heavy atom. The van der Waals surface area contributed by atoms with E-state index in [1.165, 1.54) is 19.5 Å². The lowest BCUT2D eigenvalue weighted by Crippen LogP contribution is -2.31. The van der Waals surface area contributed by atoms with E-state index in [0.717, 1.165) is 0 Å². The number of carbonyl (C=O) groups is 1. The highest BCUT2D eigenvalue weighted by atomic mass is 35.5. The summed E-state index contributed by atoms with van der Waals surface area (Å²) in [5.74, 6) is 5.26. The number of amides is 1. The molecule has 1 amide bonds. The number of halogens is 4. The molecule has 0 radical (unpaired) electrons. The van der Waals surface area contributed by atoms with Crippen LogP contribution in [0.4, 0.5) is 24.5 Å². The molecule has 3 heterocycles. The van der Waals surface area contributed by atoms with Gasteiger partial charge in [0.25, 0.3) is 5.91 Å². The number of alkyl halides is 3. The number of fused-ring (bicyclic) bond motifs is 1. The second-order valence-corrected chi connectivity index (χ2v) is 8.84. The molecule has 0 bridgehead atoms. The number of hydrogen-bond donors (Lipinski definition) is 3. The third-order valence-corrected chi connectivity index (χ3v) is 6.51. The molecule has 5 rings (SSSR count). The number of carbonyl (C=O) groups excluding carboxylic acids is 1. The zero-order valence-corrected chi connectivity index (χ0v) is 19.3. The van der Waals surface area contributed by atoms with Crippen molar-refractivity contribution < 1.29 is 22.7 Å². The number of nitrogens with one attached hydrogen (secondary N) is 3. The van der Waals surface area contributed by atoms with E-state index in [1.54, 1.807) is 24.3 Å². The molecule has 1 aromatic carbocycles. The lowest BCUT2D eigenvalue weighted by atomic mass is 10.0. The summed E-state index contributed by atoms with van der Waals surface area (Å²) >= 11 is 6.28. The normalized spacial score (nSPS) is 16.0. The lowest BCUT2D eigenvalue weighted by molar-refractivity contribution is -0.168. The topological polar surface area (TPSA) is 79.0 Å². The average molecular weight is 501 g/mol. The van der Waals surface area contributed by atoms with Crippen LogP contribution in [0.25, 0.3) is 11.3 Å². The molecule has 1 aliphatic heterocycles. The fourth-order valence-corrected chi connectivity index (χ4v) is 4.41. The van der Waals surface area contributed by atoms with Crippen molar-refractivity contribution in [3.05, 3.63) is 58.5 Å². The Kier molecular flexibility index (Phi) is 5.64. The predicted molar refractivity (Wildman–Crippen MR) is 126 cm³/mol. The number of ether oxygens (including phenoxy) is 1. The Bertz CT molecular complexity index is 1380. The van der Waals surface area contributed by atoms with Crippen molar-refractivity contribution in [1.29, 1.82) is 0 Å². The summed E-state index contributed by atoms with van der Waals surface area (Å²) in [6, 6.07) is 6.83. The highest BCUT2D eigenvalue weighted by Crippen LogP contribution is 2.57. The van der Waals surface area contributed by atoms with Gasteiger partial charge in [0.2, 0.25) is 0 Å². The number of rotatable bonds is 4. The summed E-state index contributed by atoms with van der Waals surface area (Å²) in [5, 5.41) is 6.47. The number of aromatic amines is 1. The smallest absolute Gasteiger partial charge is 0.405 e. The van der Waals surface area contributed by atoms with Crippen molar-refractivity contribution in [3.8, 4) is 28.8 Å². The number of anilines is 2. The van der Waals surface area contributed by atoms with Gasteiger partial charge in [-0.05, 0) is 31.0 Å². The summed E-state index contributed by atoms with van der Waals surface area (Å²) in [5.41, 5.74) is 1.48. The van der Waals surface area contributed by atoms with Gasteiger partial charge in [-0.25, -0.2) is 0 Å². The molecule has 35 heavy (non-hydrogen) atoms. The van der Waals surface area contributed by atoms with Gasteiger partial charge in [-0.3, -0.25) is 9.78 Å². The van der Waals surface area contributed by atoms with Crippen molar-refractivity contribution in [2.24, 2.45) is 5.41 Å². The summed E-state index contributed by atoms with van der Waals surface area (Å²) in [6.45, 7) is 0.461. The van der Waals surface area contributed by atoms with Crippen LogP contribution in [0.15, 0.2) is 36.7 Å². The SMILES string of the molecule is COc1c(Cl)cccc1Nc1c(-c2ccncc2C#CC2(C(F)(F)F)CC2)[nH]c2c1C(=O)NCC2. The summed E-state index contributed by atoms with van der Waals surface area (Å²) < 4.78 is 45.7. The number of methoxy groups -OCH3 is 1. The molecule has 2 aromatic heterocycles. The van der Waals surface area contributed by atoms with Gasteiger partial charge in [0.05, 0.1) is 40.3 Å². The van der Waals surface area contributed by atoms with Crippen LogP contribution in [0, 0.1) is 17.3 Å². The number of benzene rings is 1. The van der Waals surface area contributed by atoms with Crippen LogP contribution in [-0.4, -0.2) is 35.7 Å². The Balaban J connectivity index is 1.65. The molecule has 0 atom stereocenters. The molecule has 1 aliphatic carbocycles. The first-order valence-corrected chi connectivity index (χ1v) is 11.3. The van der Waals surface area contributed by atoms with Gasteiger partial charge >= 0.3 is 6.18 Å². The van der Waals surface area contributed by atoms with Crippen molar-refractivity contribution in [1.82, 2.24) is 15.3 Å². The van der Waals surface area contributed by atoms with Crippen molar-refractivity contribution in [2.45, 2.75) is 25.4 Å². The molecule has 3 N–H and O–H groups in total. The number of nitrogens with zero attached hydrogens (tertiary/aromatic N) is 1. The maximum atomic E-state index is 13.4. The van der Waals surface area contributed by atoms with Crippen LogP contribution in [0.2, 0.25) is 5.02 Å². The van der Waals surface area contributed by atoms with E-state index in [0.29, 0.717) is 63.2 Å². The second kappa shape index (κ2) is 8.54. The number of pyridine rings is 1. The third-order valence-electron chi connectivity index (χ3n) is 6.22. The molecule has 180 valence electrons. The van der Waals surface area contributed by atoms with Crippen molar-refractivity contribution >= 4 is 28.9 Å². The minimum atomic E-state index is -4.39. The van der Waals surface area contributed by atoms with Crippen LogP contribution in [0.1, 0.15) is 34.5 Å². The highest BCUT2D eigenvalue weighted by molar-refractivity contribution is 6.32. The molecular formula is C25H20ClF3N4O2. The zero-order valence-electron chi connectivity index (χ0n) is 18.6. The van der Waals surface area contributed by atoms with E-state index in [4.69, 9.17) is 16.3 Å². The quantitative estimate of drug-likeness (QED) is 0.415. The van der Waals surface area contributed by atoms with E-state index in [-0.39, 0.29) is 18.7 Å². The minimum Gasteiger partial charge on any atom is -0.493 e. The Hall–Kier alpha value is -3.64. The van der Waals surface area contributed by atoms with Crippen molar-refractivity contribution in [2.75, 3.05) is 19.0 Å². The van der Waals surface area contributed by atoms with Crippen LogP contribution in [0.3, 0.4) is 0 Å². The highest BCUT2D eigenvalue weighted by Gasteiger charge is 2.62. The molecular weight excluding hydrogens is 481 g/mol. The van der Waals surface area contributed by atoms with Crippen LogP contribution >= 0.6 is 11.6 Å². The standard InChI is InChI=1S/C25H20ClF3N4O2/c1-35-22-16(26)3-2-4-18(22)33-21-19-17(7-12-31-23(19)34)32-20(21)15-6-11-30-13-14(15)5-8-24(9-10-24)25(27,28)29/h2-4,6,11,13,32-33H,7,9-10,12H2,1H3,(H,31,34). The van der Waals surface area contributed by atoms with Crippen LogP contribution < -0.4 is 15.4 Å². The minimum absolute atomic E-state index is 0.0164. The third kappa shape index (κ3) is 4.08. The first kappa shape index (κ1) is 23.1. The van der Waals surface area contributed by atoms with Gasteiger partial charge in [-0.15, -0.1) is 0 Å². The van der Waals surface area contributed by atoms with E-state index >= 15 is 0 Å². The molecule has 6 nitrogen and oxygen atoms in total. The average Bonchev–Trinajstić information content (AvgIpc) is 3.54. The van der Waals surface area contributed by atoms with Gasteiger partial charge in [-0.2, -0.15) is 13.2 Å². The van der Waals surface area contributed by atoms with Crippen LogP contribution in [0.5, 0.6) is 5.75 Å². The first-order chi connectivity index (χ1) is 16.7. The van der Waals surface area contributed by atoms with Gasteiger partial charge in [0, 0.05) is 36.6 Å². The fraction of sp³-hybridized carbons (Fsp3) is 0.280. The zero-order chi connectivity index (χ0) is 24.8. The van der Waals surface area contributed by atoms with Crippen molar-refractivity contribution in [3.63, 3.8) is 0 Å².